The van der Waals surface area contributed by atoms with Gasteiger partial charge in [-0.3, -0.25) is 9.59 Å². The van der Waals surface area contributed by atoms with Crippen LogP contribution in [0.3, 0.4) is 0 Å². The molecule has 176 valence electrons. The Hall–Kier alpha value is -3.93. The topological polar surface area (TPSA) is 73.8 Å². The number of nitrogens with zero attached hydrogens (tertiary/aromatic N) is 2. The summed E-state index contributed by atoms with van der Waals surface area (Å²) in [6, 6.07) is 28.5. The molecule has 0 aliphatic rings. The second-order valence-corrected chi connectivity index (χ2v) is 7.98. The van der Waals surface area contributed by atoms with Gasteiger partial charge in [-0.15, -0.1) is 0 Å². The van der Waals surface area contributed by atoms with Crippen molar-refractivity contribution >= 4 is 35.1 Å². The first-order chi connectivity index (χ1) is 16.7. The Morgan fingerprint density at radius 2 is 1.21 bits per heavy atom. The van der Waals surface area contributed by atoms with Crippen LogP contribution in [0, 0.1) is 0 Å². The number of hydrazone groups is 1. The molecule has 0 saturated heterocycles. The molecule has 0 spiro atoms. The molecule has 3 aromatic rings. The van der Waals surface area contributed by atoms with Crippen molar-refractivity contribution < 1.29 is 9.59 Å². The monoisotopic (exact) mass is 456 g/mol. The summed E-state index contributed by atoms with van der Waals surface area (Å²) in [5.74, 6) is -0.0357. The summed E-state index contributed by atoms with van der Waals surface area (Å²) in [5, 5.41) is 6.70. The summed E-state index contributed by atoms with van der Waals surface area (Å²) in [7, 11) is 1.64. The molecule has 0 unspecified atom stereocenters. The Balaban J connectivity index is 1.51. The van der Waals surface area contributed by atoms with E-state index in [0.717, 1.165) is 48.3 Å². The van der Waals surface area contributed by atoms with Gasteiger partial charge < -0.3 is 10.2 Å². The maximum Gasteiger partial charge on any atom is 0.240 e. The van der Waals surface area contributed by atoms with E-state index in [1.165, 1.54) is 0 Å². The molecule has 34 heavy (non-hydrogen) atoms. The summed E-state index contributed by atoms with van der Waals surface area (Å²) < 4.78 is 0. The summed E-state index contributed by atoms with van der Waals surface area (Å²) in [6.45, 7) is 0. The third-order valence-corrected chi connectivity index (χ3v) is 5.42. The molecule has 0 radical (unpaired) electrons. The number of anilines is 3. The average Bonchev–Trinajstić information content (AvgIpc) is 2.88. The van der Waals surface area contributed by atoms with Crippen LogP contribution in [0.15, 0.2) is 90.0 Å². The fourth-order valence-corrected chi connectivity index (χ4v) is 3.60. The van der Waals surface area contributed by atoms with Gasteiger partial charge in [0, 0.05) is 37.0 Å². The molecule has 0 aliphatic carbocycles. The standard InChI is InChI=1S/C28H32N4O2/c1-29-27(33)16-10-2-3-11-17-28(34)31-30-22-23-18-20-26(21-19-23)32(24-12-6-4-7-13-24)25-14-8-5-9-15-25/h4-9,12-15,18-22H,2-3,10-11,16-17H2,1H3,(H,29,33)(H,31,34)/b30-22+. The minimum atomic E-state index is -0.0986. The summed E-state index contributed by atoms with van der Waals surface area (Å²) >= 11 is 0. The fraction of sp³-hybridized carbons (Fsp3) is 0.250. The van der Waals surface area contributed by atoms with E-state index in [1.54, 1.807) is 13.3 Å². The van der Waals surface area contributed by atoms with Crippen molar-refractivity contribution in [3.8, 4) is 0 Å². The van der Waals surface area contributed by atoms with Crippen molar-refractivity contribution in [2.75, 3.05) is 11.9 Å². The number of amides is 2. The van der Waals surface area contributed by atoms with Gasteiger partial charge in [-0.2, -0.15) is 5.10 Å². The van der Waals surface area contributed by atoms with Gasteiger partial charge in [-0.1, -0.05) is 61.4 Å². The largest absolute Gasteiger partial charge is 0.359 e. The maximum absolute atomic E-state index is 12.0. The molecule has 0 fully saturated rings. The quantitative estimate of drug-likeness (QED) is 0.209. The highest BCUT2D eigenvalue weighted by atomic mass is 16.2. The number of hydrogen-bond acceptors (Lipinski definition) is 4. The number of carbonyl (C=O) groups excluding carboxylic acids is 2. The molecule has 3 aromatic carbocycles. The molecule has 0 aromatic heterocycles. The van der Waals surface area contributed by atoms with Crippen LogP contribution in [0.25, 0.3) is 0 Å². The number of nitrogens with one attached hydrogen (secondary N) is 2. The number of unbranched alkanes of at least 4 members (excludes halogenated alkanes) is 3. The van der Waals surface area contributed by atoms with Gasteiger partial charge in [0.2, 0.25) is 11.8 Å². The van der Waals surface area contributed by atoms with Gasteiger partial charge in [-0.25, -0.2) is 5.43 Å². The first-order valence-corrected chi connectivity index (χ1v) is 11.7. The first kappa shape index (κ1) is 24.7. The molecule has 6 heteroatoms. The summed E-state index contributed by atoms with van der Waals surface area (Å²) in [5.41, 5.74) is 6.69. The Morgan fingerprint density at radius 1 is 0.706 bits per heavy atom. The second-order valence-electron chi connectivity index (χ2n) is 7.98. The Bertz CT molecular complexity index is 1010. The molecule has 0 saturated carbocycles. The SMILES string of the molecule is CNC(=O)CCCCCCC(=O)N/N=C/c1ccc(N(c2ccccc2)c2ccccc2)cc1. The van der Waals surface area contributed by atoms with Gasteiger partial charge in [0.05, 0.1) is 6.21 Å². The van der Waals surface area contributed by atoms with E-state index in [1.807, 2.05) is 60.7 Å². The van der Waals surface area contributed by atoms with E-state index in [9.17, 15) is 9.59 Å². The van der Waals surface area contributed by atoms with Gasteiger partial charge in [0.15, 0.2) is 0 Å². The zero-order valence-corrected chi connectivity index (χ0v) is 19.6. The van der Waals surface area contributed by atoms with Gasteiger partial charge in [0.1, 0.15) is 0 Å². The third-order valence-electron chi connectivity index (χ3n) is 5.42. The van der Waals surface area contributed by atoms with Crippen molar-refractivity contribution in [2.24, 2.45) is 5.10 Å². The predicted octanol–water partition coefficient (Wildman–Crippen LogP) is 5.69. The molecule has 0 atom stereocenters. The number of para-hydroxylation sites is 2. The van der Waals surface area contributed by atoms with E-state index in [-0.39, 0.29) is 11.8 Å². The minimum absolute atomic E-state index is 0.0629. The van der Waals surface area contributed by atoms with Gasteiger partial charge in [-0.05, 0) is 54.8 Å². The highest BCUT2D eigenvalue weighted by Crippen LogP contribution is 2.33. The zero-order chi connectivity index (χ0) is 24.0. The van der Waals surface area contributed by atoms with Crippen molar-refractivity contribution in [3.63, 3.8) is 0 Å². The van der Waals surface area contributed by atoms with Crippen molar-refractivity contribution in [1.29, 1.82) is 0 Å². The fourth-order valence-electron chi connectivity index (χ4n) is 3.60. The second kappa shape index (κ2) is 13.6. The van der Waals surface area contributed by atoms with E-state index >= 15 is 0 Å². The summed E-state index contributed by atoms with van der Waals surface area (Å²) in [6.07, 6.45) is 6.13. The lowest BCUT2D eigenvalue weighted by Crippen LogP contribution is -2.17. The van der Waals surface area contributed by atoms with Crippen LogP contribution in [-0.2, 0) is 9.59 Å². The van der Waals surface area contributed by atoms with Crippen molar-refractivity contribution in [2.45, 2.75) is 38.5 Å². The highest BCUT2D eigenvalue weighted by molar-refractivity contribution is 5.84. The summed E-state index contributed by atoms with van der Waals surface area (Å²) in [4.78, 5) is 25.4. The van der Waals surface area contributed by atoms with E-state index in [2.05, 4.69) is 45.0 Å². The van der Waals surface area contributed by atoms with Crippen LogP contribution < -0.4 is 15.6 Å². The molecule has 0 heterocycles. The maximum atomic E-state index is 12.0. The third kappa shape index (κ3) is 7.89. The van der Waals surface area contributed by atoms with Crippen LogP contribution in [0.2, 0.25) is 0 Å². The first-order valence-electron chi connectivity index (χ1n) is 11.7. The minimum Gasteiger partial charge on any atom is -0.359 e. The highest BCUT2D eigenvalue weighted by Gasteiger charge is 2.11. The van der Waals surface area contributed by atoms with Crippen LogP contribution in [-0.4, -0.2) is 25.1 Å². The number of benzene rings is 3. The Morgan fingerprint density at radius 3 is 1.74 bits per heavy atom. The lowest BCUT2D eigenvalue weighted by atomic mass is 10.1. The van der Waals surface area contributed by atoms with Crippen LogP contribution in [0.5, 0.6) is 0 Å². The van der Waals surface area contributed by atoms with Crippen molar-refractivity contribution in [1.82, 2.24) is 10.7 Å². The zero-order valence-electron chi connectivity index (χ0n) is 19.6. The van der Waals surface area contributed by atoms with Gasteiger partial charge in [0.25, 0.3) is 0 Å². The molecule has 2 N–H and O–H groups in total. The van der Waals surface area contributed by atoms with E-state index < -0.39 is 0 Å². The predicted molar refractivity (Wildman–Crippen MR) is 139 cm³/mol. The van der Waals surface area contributed by atoms with E-state index in [4.69, 9.17) is 0 Å². The Labute approximate surface area is 201 Å². The van der Waals surface area contributed by atoms with Crippen molar-refractivity contribution in [3.05, 3.63) is 90.5 Å². The molecule has 0 bridgehead atoms. The van der Waals surface area contributed by atoms with E-state index in [0.29, 0.717) is 12.8 Å². The smallest absolute Gasteiger partial charge is 0.240 e. The van der Waals surface area contributed by atoms with Crippen LogP contribution in [0.1, 0.15) is 44.1 Å². The molecule has 6 nitrogen and oxygen atoms in total. The molecular weight excluding hydrogens is 424 g/mol. The average molecular weight is 457 g/mol. The molecule has 3 rings (SSSR count). The number of rotatable bonds is 12. The normalized spacial score (nSPS) is 10.7. The number of hydrogen-bond donors (Lipinski definition) is 2. The lowest BCUT2D eigenvalue weighted by molar-refractivity contribution is -0.122. The Kier molecular flexibility index (Phi) is 9.87. The van der Waals surface area contributed by atoms with Crippen LogP contribution >= 0.6 is 0 Å². The number of carbonyl (C=O) groups is 2. The molecule has 2 amide bonds. The molecule has 0 aliphatic heterocycles. The van der Waals surface area contributed by atoms with Gasteiger partial charge >= 0.3 is 0 Å². The van der Waals surface area contributed by atoms with Crippen LogP contribution in [0.4, 0.5) is 17.1 Å². The lowest BCUT2D eigenvalue weighted by Gasteiger charge is -2.25. The molecular formula is C28H32N4O2.